The number of para-hydroxylation sites is 1. The van der Waals surface area contributed by atoms with Gasteiger partial charge >= 0.3 is 0 Å². The molecule has 1 N–H and O–H groups in total. The van der Waals surface area contributed by atoms with E-state index in [2.05, 4.69) is 26.2 Å². The van der Waals surface area contributed by atoms with E-state index in [1.54, 1.807) is 0 Å². The van der Waals surface area contributed by atoms with Crippen molar-refractivity contribution in [1.82, 2.24) is 10.3 Å². The number of halogens is 1. The van der Waals surface area contributed by atoms with Gasteiger partial charge in [-0.3, -0.25) is 0 Å². The van der Waals surface area contributed by atoms with Crippen LogP contribution in [-0.4, -0.2) is 24.7 Å². The average Bonchev–Trinajstić information content (AvgIpc) is 2.76. The van der Waals surface area contributed by atoms with Crippen LogP contribution in [0.5, 0.6) is 0 Å². The van der Waals surface area contributed by atoms with E-state index in [1.165, 1.54) is 0 Å². The minimum atomic E-state index is 0.0630. The normalized spacial score (nSPS) is 21.4. The Bertz CT molecular complexity index is 506. The molecular formula is C11H11BrN2O2. The van der Waals surface area contributed by atoms with E-state index < -0.39 is 0 Å². The van der Waals surface area contributed by atoms with Crippen LogP contribution >= 0.6 is 15.9 Å². The Morgan fingerprint density at radius 3 is 3.12 bits per heavy atom. The number of fused-ring (bicyclic) bond motifs is 1. The molecule has 0 spiro atoms. The van der Waals surface area contributed by atoms with E-state index in [0.29, 0.717) is 12.5 Å². The molecule has 4 nitrogen and oxygen atoms in total. The first kappa shape index (κ1) is 10.3. The Morgan fingerprint density at radius 1 is 1.44 bits per heavy atom. The summed E-state index contributed by atoms with van der Waals surface area (Å²) >= 11 is 3.45. The molecule has 0 aliphatic carbocycles. The zero-order valence-corrected chi connectivity index (χ0v) is 10.2. The predicted molar refractivity (Wildman–Crippen MR) is 63.3 cm³/mol. The first-order chi connectivity index (χ1) is 7.84. The second kappa shape index (κ2) is 4.16. The van der Waals surface area contributed by atoms with Crippen molar-refractivity contribution in [2.75, 3.05) is 19.8 Å². The van der Waals surface area contributed by atoms with Crippen LogP contribution < -0.4 is 5.32 Å². The summed E-state index contributed by atoms with van der Waals surface area (Å²) in [6.45, 7) is 2.20. The number of hydrogen-bond donors (Lipinski definition) is 1. The molecule has 1 saturated heterocycles. The van der Waals surface area contributed by atoms with Crippen LogP contribution in [0.15, 0.2) is 27.1 Å². The van der Waals surface area contributed by atoms with E-state index >= 15 is 0 Å². The first-order valence-corrected chi connectivity index (χ1v) is 6.00. The number of aromatic nitrogens is 1. The number of morpholine rings is 1. The van der Waals surface area contributed by atoms with Crippen molar-refractivity contribution < 1.29 is 9.15 Å². The van der Waals surface area contributed by atoms with Crippen LogP contribution in [0, 0.1) is 0 Å². The van der Waals surface area contributed by atoms with Crippen LogP contribution in [0.4, 0.5) is 0 Å². The van der Waals surface area contributed by atoms with Gasteiger partial charge in [0.2, 0.25) is 5.89 Å². The summed E-state index contributed by atoms with van der Waals surface area (Å²) < 4.78 is 12.1. The van der Waals surface area contributed by atoms with Gasteiger partial charge in [-0.15, -0.1) is 0 Å². The van der Waals surface area contributed by atoms with Gasteiger partial charge in [0.25, 0.3) is 0 Å². The van der Waals surface area contributed by atoms with Crippen molar-refractivity contribution in [2.45, 2.75) is 6.04 Å². The molecule has 0 radical (unpaired) electrons. The molecule has 1 atom stereocenters. The number of hydrogen-bond acceptors (Lipinski definition) is 4. The third-order valence-electron chi connectivity index (χ3n) is 2.60. The van der Waals surface area contributed by atoms with E-state index in [0.717, 1.165) is 28.7 Å². The highest BCUT2D eigenvalue weighted by Crippen LogP contribution is 2.27. The molecular weight excluding hydrogens is 272 g/mol. The molecule has 0 bridgehead atoms. The van der Waals surface area contributed by atoms with Crippen LogP contribution in [0.2, 0.25) is 0 Å². The highest BCUT2D eigenvalue weighted by Gasteiger charge is 2.21. The summed E-state index contributed by atoms with van der Waals surface area (Å²) in [6, 6.07) is 5.90. The van der Waals surface area contributed by atoms with Crippen LogP contribution in [0.3, 0.4) is 0 Å². The topological polar surface area (TPSA) is 47.3 Å². The molecule has 0 saturated carbocycles. The Morgan fingerprint density at radius 2 is 2.38 bits per heavy atom. The number of nitrogens with one attached hydrogen (secondary N) is 1. The standard InChI is InChI=1S/C11H11BrN2O2/c12-7-2-1-3-8-10(7)16-11(14-8)9-6-15-5-4-13-9/h1-3,9,13H,4-6H2. The second-order valence-electron chi connectivity index (χ2n) is 3.72. The second-order valence-corrected chi connectivity index (χ2v) is 4.58. The molecule has 84 valence electrons. The summed E-state index contributed by atoms with van der Waals surface area (Å²) in [5, 5.41) is 3.32. The highest BCUT2D eigenvalue weighted by molar-refractivity contribution is 9.10. The van der Waals surface area contributed by atoms with Gasteiger partial charge in [-0.25, -0.2) is 4.98 Å². The molecule has 1 fully saturated rings. The minimum absolute atomic E-state index is 0.0630. The van der Waals surface area contributed by atoms with Gasteiger partial charge in [0.1, 0.15) is 11.6 Å². The largest absolute Gasteiger partial charge is 0.438 e. The van der Waals surface area contributed by atoms with Crippen molar-refractivity contribution in [3.8, 4) is 0 Å². The molecule has 3 rings (SSSR count). The van der Waals surface area contributed by atoms with Gasteiger partial charge in [0, 0.05) is 6.54 Å². The maximum absolute atomic E-state index is 5.74. The van der Waals surface area contributed by atoms with E-state index in [9.17, 15) is 0 Å². The number of benzene rings is 1. The Balaban J connectivity index is 2.01. The Hall–Kier alpha value is -0.910. The fraction of sp³-hybridized carbons (Fsp3) is 0.364. The summed E-state index contributed by atoms with van der Waals surface area (Å²) in [4.78, 5) is 4.46. The lowest BCUT2D eigenvalue weighted by Gasteiger charge is -2.20. The number of rotatable bonds is 1. The van der Waals surface area contributed by atoms with Crippen molar-refractivity contribution in [3.05, 3.63) is 28.6 Å². The Labute approximate surface area is 101 Å². The number of nitrogens with zero attached hydrogens (tertiary/aromatic N) is 1. The fourth-order valence-corrected chi connectivity index (χ4v) is 2.24. The third-order valence-corrected chi connectivity index (χ3v) is 3.23. The van der Waals surface area contributed by atoms with Crippen LogP contribution in [0.25, 0.3) is 11.1 Å². The zero-order chi connectivity index (χ0) is 11.0. The first-order valence-electron chi connectivity index (χ1n) is 5.20. The van der Waals surface area contributed by atoms with E-state index in [1.807, 2.05) is 18.2 Å². The minimum Gasteiger partial charge on any atom is -0.438 e. The summed E-state index contributed by atoms with van der Waals surface area (Å²) in [7, 11) is 0. The predicted octanol–water partition coefficient (Wildman–Crippen LogP) is 2.25. The lowest BCUT2D eigenvalue weighted by molar-refractivity contribution is 0.0687. The molecule has 1 aliphatic heterocycles. The van der Waals surface area contributed by atoms with Gasteiger partial charge in [-0.2, -0.15) is 0 Å². The van der Waals surface area contributed by atoms with Gasteiger partial charge in [0.15, 0.2) is 5.58 Å². The smallest absolute Gasteiger partial charge is 0.215 e. The van der Waals surface area contributed by atoms with E-state index in [4.69, 9.17) is 9.15 Å². The Kier molecular flexibility index (Phi) is 2.67. The number of oxazole rings is 1. The van der Waals surface area contributed by atoms with Crippen molar-refractivity contribution in [3.63, 3.8) is 0 Å². The molecule has 1 aromatic carbocycles. The average molecular weight is 283 g/mol. The van der Waals surface area contributed by atoms with Crippen molar-refractivity contribution in [1.29, 1.82) is 0 Å². The van der Waals surface area contributed by atoms with Gasteiger partial charge < -0.3 is 14.5 Å². The van der Waals surface area contributed by atoms with Crippen molar-refractivity contribution >= 4 is 27.0 Å². The molecule has 1 aromatic heterocycles. The molecule has 1 aliphatic rings. The van der Waals surface area contributed by atoms with Gasteiger partial charge in [-0.05, 0) is 28.1 Å². The highest BCUT2D eigenvalue weighted by atomic mass is 79.9. The monoisotopic (exact) mass is 282 g/mol. The molecule has 16 heavy (non-hydrogen) atoms. The molecule has 2 heterocycles. The molecule has 1 unspecified atom stereocenters. The van der Waals surface area contributed by atoms with E-state index in [-0.39, 0.29) is 6.04 Å². The van der Waals surface area contributed by atoms with Crippen LogP contribution in [0.1, 0.15) is 11.9 Å². The molecule has 2 aromatic rings. The quantitative estimate of drug-likeness (QED) is 0.872. The van der Waals surface area contributed by atoms with Crippen LogP contribution in [-0.2, 0) is 4.74 Å². The maximum atomic E-state index is 5.74. The van der Waals surface area contributed by atoms with Crippen molar-refractivity contribution in [2.24, 2.45) is 0 Å². The summed E-state index contributed by atoms with van der Waals surface area (Å²) in [6.07, 6.45) is 0. The lowest BCUT2D eigenvalue weighted by Crippen LogP contribution is -2.34. The number of ether oxygens (including phenoxy) is 1. The lowest BCUT2D eigenvalue weighted by atomic mass is 10.3. The summed E-state index contributed by atoms with van der Waals surface area (Å²) in [5.41, 5.74) is 1.67. The van der Waals surface area contributed by atoms with Gasteiger partial charge in [0.05, 0.1) is 17.7 Å². The molecule has 0 amide bonds. The zero-order valence-electron chi connectivity index (χ0n) is 8.57. The summed E-state index contributed by atoms with van der Waals surface area (Å²) in [5.74, 6) is 0.696. The van der Waals surface area contributed by atoms with Gasteiger partial charge in [-0.1, -0.05) is 6.07 Å². The maximum Gasteiger partial charge on any atom is 0.215 e. The fourth-order valence-electron chi connectivity index (χ4n) is 1.81. The third kappa shape index (κ3) is 1.75. The SMILES string of the molecule is Brc1cccc2nc(C3COCCN3)oc12. The molecule has 5 heteroatoms.